The van der Waals surface area contributed by atoms with Crippen molar-refractivity contribution in [3.05, 3.63) is 35.0 Å². The molecule has 1 aliphatic heterocycles. The first-order chi connectivity index (χ1) is 12.4. The highest BCUT2D eigenvalue weighted by Gasteiger charge is 2.41. The third-order valence-corrected chi connectivity index (χ3v) is 7.98. The number of carbonyl (C=O) groups is 1. The lowest BCUT2D eigenvalue weighted by molar-refractivity contribution is 0.0917. The van der Waals surface area contributed by atoms with E-state index in [1.165, 1.54) is 5.56 Å². The zero-order valence-electron chi connectivity index (χ0n) is 15.2. The molecule has 7 heteroatoms. The fraction of sp³-hybridized carbons (Fsp3) is 0.526. The van der Waals surface area contributed by atoms with Crippen LogP contribution in [0.1, 0.15) is 47.3 Å². The Labute approximate surface area is 154 Å². The summed E-state index contributed by atoms with van der Waals surface area (Å²) in [7, 11) is -3.18. The Bertz CT molecular complexity index is 960. The van der Waals surface area contributed by atoms with E-state index < -0.39 is 10.0 Å². The standard InChI is InChI=1S/C19H25N3O3S/c1-12-5-8-17-16(13(12)2)10-18(21-17)19(23)20-14-4-3-9-22(11-14)26(24,25)15-6-7-15/h5,8,10,14-15,21H,3-4,6-7,9,11H2,1-2H3,(H,20,23)/t14-/m1/s1. The van der Waals surface area contributed by atoms with Gasteiger partial charge in [-0.3, -0.25) is 4.79 Å². The molecule has 1 atom stereocenters. The number of aromatic nitrogens is 1. The highest BCUT2D eigenvalue weighted by atomic mass is 32.2. The van der Waals surface area contributed by atoms with Crippen molar-refractivity contribution < 1.29 is 13.2 Å². The Morgan fingerprint density at radius 1 is 1.23 bits per heavy atom. The average molecular weight is 375 g/mol. The van der Waals surface area contributed by atoms with E-state index in [2.05, 4.69) is 24.1 Å². The maximum atomic E-state index is 12.7. The summed E-state index contributed by atoms with van der Waals surface area (Å²) < 4.78 is 26.5. The largest absolute Gasteiger partial charge is 0.351 e. The summed E-state index contributed by atoms with van der Waals surface area (Å²) in [4.78, 5) is 15.8. The zero-order chi connectivity index (χ0) is 18.5. The van der Waals surface area contributed by atoms with Gasteiger partial charge in [-0.05, 0) is 62.8 Å². The summed E-state index contributed by atoms with van der Waals surface area (Å²) >= 11 is 0. The summed E-state index contributed by atoms with van der Waals surface area (Å²) in [5.41, 5.74) is 3.82. The van der Waals surface area contributed by atoms with Crippen LogP contribution in [0.5, 0.6) is 0 Å². The minimum atomic E-state index is -3.18. The lowest BCUT2D eigenvalue weighted by atomic mass is 10.1. The first-order valence-corrected chi connectivity index (χ1v) is 10.8. The predicted octanol–water partition coefficient (Wildman–Crippen LogP) is 2.47. The van der Waals surface area contributed by atoms with Gasteiger partial charge in [0, 0.05) is 30.0 Å². The number of hydrogen-bond donors (Lipinski definition) is 2. The summed E-state index contributed by atoms with van der Waals surface area (Å²) in [6.07, 6.45) is 3.12. The highest BCUT2D eigenvalue weighted by Crippen LogP contribution is 2.32. The molecule has 26 heavy (non-hydrogen) atoms. The third-order valence-electron chi connectivity index (χ3n) is 5.61. The van der Waals surface area contributed by atoms with Gasteiger partial charge in [-0.1, -0.05) is 6.07 Å². The van der Waals surface area contributed by atoms with Gasteiger partial charge < -0.3 is 10.3 Å². The van der Waals surface area contributed by atoms with Crippen LogP contribution < -0.4 is 5.32 Å². The molecule has 1 aromatic heterocycles. The lowest BCUT2D eigenvalue weighted by Gasteiger charge is -2.32. The van der Waals surface area contributed by atoms with E-state index in [1.807, 2.05) is 18.2 Å². The van der Waals surface area contributed by atoms with E-state index in [4.69, 9.17) is 0 Å². The van der Waals surface area contributed by atoms with Crippen molar-refractivity contribution >= 4 is 26.8 Å². The van der Waals surface area contributed by atoms with E-state index in [-0.39, 0.29) is 17.2 Å². The van der Waals surface area contributed by atoms with Crippen LogP contribution in [0.15, 0.2) is 18.2 Å². The molecule has 1 amide bonds. The fourth-order valence-corrected chi connectivity index (χ4v) is 5.64. The quantitative estimate of drug-likeness (QED) is 0.861. The number of fused-ring (bicyclic) bond motifs is 1. The number of carbonyl (C=O) groups excluding carboxylic acids is 1. The number of rotatable bonds is 4. The van der Waals surface area contributed by atoms with Gasteiger partial charge in [-0.2, -0.15) is 4.31 Å². The number of benzene rings is 1. The monoisotopic (exact) mass is 375 g/mol. The molecular weight excluding hydrogens is 350 g/mol. The average Bonchev–Trinajstić information content (AvgIpc) is 3.39. The fourth-order valence-electron chi connectivity index (χ4n) is 3.71. The molecule has 140 valence electrons. The summed E-state index contributed by atoms with van der Waals surface area (Å²) in [6.45, 7) is 5.05. The maximum Gasteiger partial charge on any atom is 0.267 e. The van der Waals surface area contributed by atoms with Crippen molar-refractivity contribution in [1.82, 2.24) is 14.6 Å². The number of hydrogen-bond acceptors (Lipinski definition) is 3. The SMILES string of the molecule is Cc1ccc2[nH]c(C(=O)N[C@@H]3CCCN(S(=O)(=O)C4CC4)C3)cc2c1C. The van der Waals surface area contributed by atoms with Crippen LogP contribution in [-0.2, 0) is 10.0 Å². The molecular formula is C19H25N3O3S. The molecule has 2 heterocycles. The van der Waals surface area contributed by atoms with Crippen LogP contribution in [0, 0.1) is 13.8 Å². The molecule has 0 radical (unpaired) electrons. The number of sulfonamides is 1. The Morgan fingerprint density at radius 2 is 2.00 bits per heavy atom. The Kier molecular flexibility index (Phi) is 4.31. The molecule has 2 aromatic rings. The number of amides is 1. The molecule has 1 saturated carbocycles. The number of aromatic amines is 1. The van der Waals surface area contributed by atoms with Crippen molar-refractivity contribution in [2.45, 2.75) is 50.8 Å². The van der Waals surface area contributed by atoms with E-state index >= 15 is 0 Å². The smallest absolute Gasteiger partial charge is 0.267 e. The van der Waals surface area contributed by atoms with E-state index in [0.717, 1.165) is 42.1 Å². The molecule has 2 fully saturated rings. The van der Waals surface area contributed by atoms with E-state index in [9.17, 15) is 13.2 Å². The van der Waals surface area contributed by atoms with Crippen molar-refractivity contribution in [3.63, 3.8) is 0 Å². The number of aryl methyl sites for hydroxylation is 2. The normalized spacial score (nSPS) is 21.8. The molecule has 4 rings (SSSR count). The van der Waals surface area contributed by atoms with Gasteiger partial charge in [0.25, 0.3) is 5.91 Å². The highest BCUT2D eigenvalue weighted by molar-refractivity contribution is 7.90. The number of nitrogens with one attached hydrogen (secondary N) is 2. The second kappa shape index (κ2) is 6.39. The number of piperidine rings is 1. The predicted molar refractivity (Wildman–Crippen MR) is 102 cm³/mol. The van der Waals surface area contributed by atoms with Crippen LogP contribution in [0.4, 0.5) is 0 Å². The molecule has 6 nitrogen and oxygen atoms in total. The van der Waals surface area contributed by atoms with E-state index in [0.29, 0.717) is 18.8 Å². The molecule has 2 N–H and O–H groups in total. The van der Waals surface area contributed by atoms with Gasteiger partial charge in [0.1, 0.15) is 5.69 Å². The summed E-state index contributed by atoms with van der Waals surface area (Å²) in [5, 5.41) is 3.87. The minimum Gasteiger partial charge on any atom is -0.351 e. The molecule has 1 aromatic carbocycles. The Balaban J connectivity index is 1.48. The first kappa shape index (κ1) is 17.5. The second-order valence-electron chi connectivity index (χ2n) is 7.57. The maximum absolute atomic E-state index is 12.7. The van der Waals surface area contributed by atoms with Gasteiger partial charge in [0.15, 0.2) is 0 Å². The lowest BCUT2D eigenvalue weighted by Crippen LogP contribution is -2.50. The first-order valence-electron chi connectivity index (χ1n) is 9.25. The van der Waals surface area contributed by atoms with Crippen LogP contribution in [-0.4, -0.2) is 48.0 Å². The third kappa shape index (κ3) is 3.14. The molecule has 2 aliphatic rings. The van der Waals surface area contributed by atoms with Crippen LogP contribution in [0.3, 0.4) is 0 Å². The zero-order valence-corrected chi connectivity index (χ0v) is 16.0. The van der Waals surface area contributed by atoms with Crippen molar-refractivity contribution in [2.24, 2.45) is 0 Å². The number of H-pyrrole nitrogens is 1. The van der Waals surface area contributed by atoms with Crippen molar-refractivity contribution in [1.29, 1.82) is 0 Å². The molecule has 1 aliphatic carbocycles. The van der Waals surface area contributed by atoms with Gasteiger partial charge in [0.2, 0.25) is 10.0 Å². The second-order valence-corrected chi connectivity index (χ2v) is 9.78. The van der Waals surface area contributed by atoms with Gasteiger partial charge in [-0.15, -0.1) is 0 Å². The van der Waals surface area contributed by atoms with Crippen LogP contribution in [0.25, 0.3) is 10.9 Å². The van der Waals surface area contributed by atoms with Crippen molar-refractivity contribution in [2.75, 3.05) is 13.1 Å². The molecule has 0 unspecified atom stereocenters. The Hall–Kier alpha value is -1.86. The van der Waals surface area contributed by atoms with Gasteiger partial charge >= 0.3 is 0 Å². The van der Waals surface area contributed by atoms with Gasteiger partial charge in [0.05, 0.1) is 5.25 Å². The Morgan fingerprint density at radius 3 is 2.73 bits per heavy atom. The number of nitrogens with zero attached hydrogens (tertiary/aromatic N) is 1. The molecule has 0 spiro atoms. The topological polar surface area (TPSA) is 82.3 Å². The van der Waals surface area contributed by atoms with Crippen molar-refractivity contribution in [3.8, 4) is 0 Å². The minimum absolute atomic E-state index is 0.140. The summed E-state index contributed by atoms with van der Waals surface area (Å²) in [6, 6.07) is 5.77. The van der Waals surface area contributed by atoms with Crippen LogP contribution in [0.2, 0.25) is 0 Å². The summed E-state index contributed by atoms with van der Waals surface area (Å²) in [5.74, 6) is -0.172. The van der Waals surface area contributed by atoms with Crippen LogP contribution >= 0.6 is 0 Å². The molecule has 1 saturated heterocycles. The van der Waals surface area contributed by atoms with Gasteiger partial charge in [-0.25, -0.2) is 8.42 Å². The van der Waals surface area contributed by atoms with E-state index in [1.54, 1.807) is 4.31 Å². The molecule has 0 bridgehead atoms.